The van der Waals surface area contributed by atoms with Gasteiger partial charge in [0.15, 0.2) is 0 Å². The van der Waals surface area contributed by atoms with E-state index in [1.54, 1.807) is 7.11 Å². The van der Waals surface area contributed by atoms with Gasteiger partial charge in [0.2, 0.25) is 0 Å². The van der Waals surface area contributed by atoms with Gasteiger partial charge >= 0.3 is 0 Å². The molecule has 1 saturated heterocycles. The van der Waals surface area contributed by atoms with E-state index >= 15 is 0 Å². The molecule has 3 nitrogen and oxygen atoms in total. The molecule has 1 unspecified atom stereocenters. The molecule has 0 saturated carbocycles. The number of methoxy groups -OCH3 is 1. The molecule has 1 aliphatic heterocycles. The summed E-state index contributed by atoms with van der Waals surface area (Å²) in [6, 6.07) is 0. The fraction of sp³-hybridized carbons (Fsp3) is 0.889. The molecule has 0 N–H and O–H groups in total. The molecule has 0 aromatic rings. The Morgan fingerprint density at radius 1 is 1.67 bits per heavy atom. The quantitative estimate of drug-likeness (QED) is 0.641. The summed E-state index contributed by atoms with van der Waals surface area (Å²) in [4.78, 5) is 11.2. The van der Waals surface area contributed by atoms with Gasteiger partial charge in [-0.25, -0.2) is 0 Å². The van der Waals surface area contributed by atoms with Gasteiger partial charge in [0.25, 0.3) is 0 Å². The Morgan fingerprint density at radius 2 is 2.42 bits per heavy atom. The third-order valence-corrected chi connectivity index (χ3v) is 2.36. The molecular weight excluding hydrogens is 156 g/mol. The fourth-order valence-corrected chi connectivity index (χ4v) is 1.56. The van der Waals surface area contributed by atoms with Crippen molar-refractivity contribution in [2.45, 2.75) is 31.8 Å². The minimum absolute atomic E-state index is 0.292. The first kappa shape index (κ1) is 9.68. The van der Waals surface area contributed by atoms with E-state index in [9.17, 15) is 4.79 Å². The van der Waals surface area contributed by atoms with Crippen LogP contribution in [0, 0.1) is 0 Å². The summed E-state index contributed by atoms with van der Waals surface area (Å²) in [7, 11) is 1.64. The van der Waals surface area contributed by atoms with Gasteiger partial charge in [-0.2, -0.15) is 0 Å². The van der Waals surface area contributed by atoms with Crippen LogP contribution in [-0.2, 0) is 14.3 Å². The first-order valence-electron chi connectivity index (χ1n) is 4.37. The second-order valence-corrected chi connectivity index (χ2v) is 3.28. The highest BCUT2D eigenvalue weighted by atomic mass is 16.5. The molecule has 0 bridgehead atoms. The summed E-state index contributed by atoms with van der Waals surface area (Å²) in [6.07, 6.45) is 1.91. The first-order valence-corrected chi connectivity index (χ1v) is 4.37. The summed E-state index contributed by atoms with van der Waals surface area (Å²) in [5, 5.41) is 0. The number of Topliss-reactive ketones (excluding diaryl/α,β-unsaturated/α-hetero) is 1. The zero-order valence-electron chi connectivity index (χ0n) is 7.76. The van der Waals surface area contributed by atoms with Crippen LogP contribution in [0.4, 0.5) is 0 Å². The van der Waals surface area contributed by atoms with Crippen molar-refractivity contribution < 1.29 is 14.3 Å². The van der Waals surface area contributed by atoms with Crippen molar-refractivity contribution >= 4 is 5.78 Å². The number of hydrogen-bond acceptors (Lipinski definition) is 3. The van der Waals surface area contributed by atoms with Crippen LogP contribution >= 0.6 is 0 Å². The molecule has 1 rings (SSSR count). The maximum atomic E-state index is 11.2. The number of ketones is 1. The van der Waals surface area contributed by atoms with Crippen molar-refractivity contribution in [1.29, 1.82) is 0 Å². The van der Waals surface area contributed by atoms with Crippen molar-refractivity contribution in [3.8, 4) is 0 Å². The molecule has 0 radical (unpaired) electrons. The van der Waals surface area contributed by atoms with Gasteiger partial charge in [-0.15, -0.1) is 0 Å². The van der Waals surface area contributed by atoms with E-state index < -0.39 is 0 Å². The van der Waals surface area contributed by atoms with Crippen LogP contribution in [0.3, 0.4) is 0 Å². The Balaban J connectivity index is 2.57. The predicted octanol–water partition coefficient (Wildman–Crippen LogP) is 1.16. The van der Waals surface area contributed by atoms with Crippen LogP contribution in [0.5, 0.6) is 0 Å². The number of carbonyl (C=O) groups is 1. The minimum Gasteiger partial charge on any atom is -0.382 e. The Bertz CT molecular complexity index is 163. The van der Waals surface area contributed by atoms with E-state index in [0.29, 0.717) is 31.8 Å². The maximum absolute atomic E-state index is 11.2. The number of carbonyl (C=O) groups excluding carboxylic acids is 1. The summed E-state index contributed by atoms with van der Waals surface area (Å²) in [5.74, 6) is 0.292. The zero-order chi connectivity index (χ0) is 9.03. The molecule has 0 aliphatic carbocycles. The lowest BCUT2D eigenvalue weighted by Gasteiger charge is -2.34. The molecule has 1 fully saturated rings. The van der Waals surface area contributed by atoms with Crippen LogP contribution in [0.15, 0.2) is 0 Å². The van der Waals surface area contributed by atoms with E-state index in [0.717, 1.165) is 6.42 Å². The molecule has 70 valence electrons. The molecule has 0 amide bonds. The van der Waals surface area contributed by atoms with Crippen LogP contribution in [-0.4, -0.2) is 31.7 Å². The summed E-state index contributed by atoms with van der Waals surface area (Å²) >= 11 is 0. The van der Waals surface area contributed by atoms with Crippen LogP contribution in [0.25, 0.3) is 0 Å². The lowest BCUT2D eigenvalue weighted by molar-refractivity contribution is -0.149. The molecule has 12 heavy (non-hydrogen) atoms. The molecular formula is C9H16O3. The van der Waals surface area contributed by atoms with E-state index in [1.165, 1.54) is 0 Å². The van der Waals surface area contributed by atoms with Crippen molar-refractivity contribution in [1.82, 2.24) is 0 Å². The van der Waals surface area contributed by atoms with Crippen molar-refractivity contribution in [2.75, 3.05) is 20.3 Å². The smallest absolute Gasteiger partial charge is 0.138 e. The molecule has 3 heteroatoms. The van der Waals surface area contributed by atoms with Gasteiger partial charge < -0.3 is 9.47 Å². The van der Waals surface area contributed by atoms with Crippen LogP contribution in [0.2, 0.25) is 0 Å². The van der Waals surface area contributed by atoms with Gasteiger partial charge in [-0.1, -0.05) is 6.92 Å². The monoisotopic (exact) mass is 172 g/mol. The molecule has 1 aliphatic rings. The third kappa shape index (κ3) is 2.05. The highest BCUT2D eigenvalue weighted by molar-refractivity contribution is 5.80. The minimum atomic E-state index is -0.329. The molecule has 1 heterocycles. The van der Waals surface area contributed by atoms with Gasteiger partial charge in [-0.05, 0) is 6.42 Å². The summed E-state index contributed by atoms with van der Waals surface area (Å²) in [5.41, 5.74) is -0.329. The average Bonchev–Trinajstić information content (AvgIpc) is 2.05. The standard InChI is InChI=1S/C9H16O3/c1-3-9(7-11-2)6-8(10)4-5-12-9/h3-7H2,1-2H3. The fourth-order valence-electron chi connectivity index (χ4n) is 1.56. The summed E-state index contributed by atoms with van der Waals surface area (Å²) in [6.45, 7) is 3.10. The predicted molar refractivity (Wildman–Crippen MR) is 45.1 cm³/mol. The Kier molecular flexibility index (Phi) is 3.23. The van der Waals surface area contributed by atoms with Crippen LogP contribution in [0.1, 0.15) is 26.2 Å². The van der Waals surface area contributed by atoms with E-state index in [2.05, 4.69) is 0 Å². The Morgan fingerprint density at radius 3 is 2.92 bits per heavy atom. The highest BCUT2D eigenvalue weighted by Crippen LogP contribution is 2.26. The molecule has 0 aromatic carbocycles. The van der Waals surface area contributed by atoms with Gasteiger partial charge in [0.1, 0.15) is 5.78 Å². The number of rotatable bonds is 3. The van der Waals surface area contributed by atoms with Crippen molar-refractivity contribution in [2.24, 2.45) is 0 Å². The third-order valence-electron chi connectivity index (χ3n) is 2.36. The van der Waals surface area contributed by atoms with Gasteiger partial charge in [0, 0.05) is 20.0 Å². The first-order chi connectivity index (χ1) is 5.72. The maximum Gasteiger partial charge on any atom is 0.138 e. The van der Waals surface area contributed by atoms with E-state index in [-0.39, 0.29) is 5.60 Å². The average molecular weight is 172 g/mol. The second-order valence-electron chi connectivity index (χ2n) is 3.28. The van der Waals surface area contributed by atoms with Gasteiger partial charge in [0.05, 0.1) is 18.8 Å². The van der Waals surface area contributed by atoms with Crippen LogP contribution < -0.4 is 0 Å². The number of ether oxygens (including phenoxy) is 2. The Hall–Kier alpha value is -0.410. The number of hydrogen-bond donors (Lipinski definition) is 0. The van der Waals surface area contributed by atoms with Crippen molar-refractivity contribution in [3.63, 3.8) is 0 Å². The van der Waals surface area contributed by atoms with Crippen molar-refractivity contribution in [3.05, 3.63) is 0 Å². The Labute approximate surface area is 73.0 Å². The summed E-state index contributed by atoms with van der Waals surface area (Å²) < 4.78 is 10.6. The largest absolute Gasteiger partial charge is 0.382 e. The topological polar surface area (TPSA) is 35.5 Å². The second kappa shape index (κ2) is 4.01. The molecule has 1 atom stereocenters. The van der Waals surface area contributed by atoms with Gasteiger partial charge in [-0.3, -0.25) is 4.79 Å². The normalized spacial score (nSPS) is 30.7. The molecule has 0 aromatic heterocycles. The van der Waals surface area contributed by atoms with E-state index in [1.807, 2.05) is 6.92 Å². The highest BCUT2D eigenvalue weighted by Gasteiger charge is 2.35. The SMILES string of the molecule is CCC1(COC)CC(=O)CCO1. The lowest BCUT2D eigenvalue weighted by atomic mass is 9.91. The van der Waals surface area contributed by atoms with E-state index in [4.69, 9.17) is 9.47 Å². The zero-order valence-corrected chi connectivity index (χ0v) is 7.76. The lowest BCUT2D eigenvalue weighted by Crippen LogP contribution is -2.43. The molecule has 0 spiro atoms.